The van der Waals surface area contributed by atoms with Crippen LogP contribution in [0.1, 0.15) is 38.3 Å². The molecular formula is C25H28F3N3O4. The number of ether oxygens (including phenoxy) is 1. The third-order valence-electron chi connectivity index (χ3n) is 5.46. The normalized spacial score (nSPS) is 14.8. The number of rotatable bonds is 5. The van der Waals surface area contributed by atoms with Crippen LogP contribution in [0.3, 0.4) is 0 Å². The van der Waals surface area contributed by atoms with Gasteiger partial charge in [0.05, 0.1) is 0 Å². The second kappa shape index (κ2) is 10.4. The van der Waals surface area contributed by atoms with Crippen molar-refractivity contribution in [1.29, 1.82) is 0 Å². The summed E-state index contributed by atoms with van der Waals surface area (Å²) in [5.74, 6) is -4.38. The molecule has 0 fully saturated rings. The smallest absolute Gasteiger partial charge is 0.407 e. The molecule has 1 N–H and O–H groups in total. The maximum atomic E-state index is 14.3. The summed E-state index contributed by atoms with van der Waals surface area (Å²) in [6.45, 7) is 4.92. The van der Waals surface area contributed by atoms with E-state index in [1.165, 1.54) is 9.80 Å². The number of nitrogens with one attached hydrogen (secondary N) is 1. The highest BCUT2D eigenvalue weighted by Gasteiger charge is 2.30. The van der Waals surface area contributed by atoms with Gasteiger partial charge in [-0.15, -0.1) is 0 Å². The van der Waals surface area contributed by atoms with Crippen molar-refractivity contribution in [2.75, 3.05) is 18.5 Å². The molecule has 0 radical (unpaired) electrons. The highest BCUT2D eigenvalue weighted by molar-refractivity contribution is 5.98. The molecule has 2 aromatic carbocycles. The summed E-state index contributed by atoms with van der Waals surface area (Å²) in [5, 5.41) is 2.52. The number of para-hydroxylation sites is 1. The van der Waals surface area contributed by atoms with Gasteiger partial charge in [0.15, 0.2) is 11.6 Å². The molecule has 0 saturated carbocycles. The quantitative estimate of drug-likeness (QED) is 0.643. The van der Waals surface area contributed by atoms with E-state index in [-0.39, 0.29) is 37.4 Å². The van der Waals surface area contributed by atoms with Crippen molar-refractivity contribution >= 4 is 23.6 Å². The fourth-order valence-corrected chi connectivity index (χ4v) is 3.79. The Labute approximate surface area is 201 Å². The number of anilines is 1. The molecule has 0 aliphatic carbocycles. The van der Waals surface area contributed by atoms with E-state index in [9.17, 15) is 27.6 Å². The molecule has 0 spiro atoms. The van der Waals surface area contributed by atoms with Gasteiger partial charge in [0, 0.05) is 37.8 Å². The molecule has 35 heavy (non-hydrogen) atoms. The summed E-state index contributed by atoms with van der Waals surface area (Å²) in [6, 6.07) is 7.26. The van der Waals surface area contributed by atoms with Crippen molar-refractivity contribution in [1.82, 2.24) is 10.2 Å². The predicted molar refractivity (Wildman–Crippen MR) is 123 cm³/mol. The first-order chi connectivity index (χ1) is 16.3. The average molecular weight is 492 g/mol. The van der Waals surface area contributed by atoms with Gasteiger partial charge in [0.1, 0.15) is 18.0 Å². The van der Waals surface area contributed by atoms with Crippen molar-refractivity contribution in [3.63, 3.8) is 0 Å². The molecule has 3 amide bonds. The van der Waals surface area contributed by atoms with Crippen molar-refractivity contribution in [3.05, 3.63) is 65.0 Å². The SMILES string of the molecule is CN1C(=O)CN(C(=O)CC(Cc2cc(F)c(F)cc2F)NC(=O)OC(C)(C)C)Cc2ccccc21. The third-order valence-corrected chi connectivity index (χ3v) is 5.46. The maximum Gasteiger partial charge on any atom is 0.407 e. The molecule has 188 valence electrons. The first kappa shape index (κ1) is 26.1. The molecular weight excluding hydrogens is 463 g/mol. The second-order valence-corrected chi connectivity index (χ2v) is 9.44. The zero-order valence-corrected chi connectivity index (χ0v) is 20.0. The number of carbonyl (C=O) groups is 3. The highest BCUT2D eigenvalue weighted by atomic mass is 19.2. The lowest BCUT2D eigenvalue weighted by atomic mass is 10.0. The zero-order chi connectivity index (χ0) is 25.9. The Bertz CT molecular complexity index is 1130. The molecule has 7 nitrogen and oxygen atoms in total. The minimum atomic E-state index is -1.34. The van der Waals surface area contributed by atoms with E-state index in [0.29, 0.717) is 17.8 Å². The van der Waals surface area contributed by atoms with Crippen molar-refractivity contribution < 1.29 is 32.3 Å². The van der Waals surface area contributed by atoms with Gasteiger partial charge in [-0.05, 0) is 50.5 Å². The molecule has 0 bridgehead atoms. The number of fused-ring (bicyclic) bond motifs is 1. The second-order valence-electron chi connectivity index (χ2n) is 9.44. The predicted octanol–water partition coefficient (Wildman–Crippen LogP) is 3.94. The van der Waals surface area contributed by atoms with Crippen LogP contribution in [0.4, 0.5) is 23.7 Å². The fraction of sp³-hybridized carbons (Fsp3) is 0.400. The lowest BCUT2D eigenvalue weighted by Crippen LogP contribution is -2.45. The van der Waals surface area contributed by atoms with Crippen LogP contribution in [0.25, 0.3) is 0 Å². The van der Waals surface area contributed by atoms with Gasteiger partial charge < -0.3 is 19.9 Å². The van der Waals surface area contributed by atoms with E-state index in [2.05, 4.69) is 5.32 Å². The molecule has 3 rings (SSSR count). The minimum Gasteiger partial charge on any atom is -0.444 e. The molecule has 2 aromatic rings. The summed E-state index contributed by atoms with van der Waals surface area (Å²) < 4.78 is 46.7. The Kier molecular flexibility index (Phi) is 7.72. The van der Waals surface area contributed by atoms with Gasteiger partial charge in [0.25, 0.3) is 0 Å². The number of hydrogen-bond acceptors (Lipinski definition) is 4. The number of nitrogens with zero attached hydrogens (tertiary/aromatic N) is 2. The lowest BCUT2D eigenvalue weighted by Gasteiger charge is -2.26. The largest absolute Gasteiger partial charge is 0.444 e. The monoisotopic (exact) mass is 491 g/mol. The van der Waals surface area contributed by atoms with Crippen molar-refractivity contribution in [2.45, 2.75) is 51.8 Å². The Morgan fingerprint density at radius 1 is 1.06 bits per heavy atom. The van der Waals surface area contributed by atoms with E-state index < -0.39 is 41.1 Å². The Balaban J connectivity index is 1.83. The Morgan fingerprint density at radius 2 is 1.71 bits per heavy atom. The van der Waals surface area contributed by atoms with Crippen LogP contribution in [0, 0.1) is 17.5 Å². The molecule has 1 unspecified atom stereocenters. The number of likely N-dealkylation sites (N-methyl/N-ethyl adjacent to an activating group) is 1. The molecule has 1 aliphatic heterocycles. The molecule has 0 aromatic heterocycles. The molecule has 1 heterocycles. The van der Waals surface area contributed by atoms with E-state index in [1.807, 2.05) is 0 Å². The van der Waals surface area contributed by atoms with Gasteiger partial charge in [-0.2, -0.15) is 0 Å². The van der Waals surface area contributed by atoms with Crippen LogP contribution in [-0.4, -0.2) is 48.0 Å². The number of alkyl carbamates (subject to hydrolysis) is 1. The van der Waals surface area contributed by atoms with Crippen LogP contribution >= 0.6 is 0 Å². The number of carbonyl (C=O) groups excluding carboxylic acids is 3. The Morgan fingerprint density at radius 3 is 2.40 bits per heavy atom. The molecule has 0 saturated heterocycles. The fourth-order valence-electron chi connectivity index (χ4n) is 3.79. The van der Waals surface area contributed by atoms with Gasteiger partial charge in [-0.25, -0.2) is 18.0 Å². The summed E-state index contributed by atoms with van der Waals surface area (Å²) in [4.78, 5) is 41.1. The first-order valence-corrected chi connectivity index (χ1v) is 11.1. The van der Waals surface area contributed by atoms with Crippen LogP contribution in [-0.2, 0) is 27.3 Å². The van der Waals surface area contributed by atoms with Crippen molar-refractivity contribution in [3.8, 4) is 0 Å². The summed E-state index contributed by atoms with van der Waals surface area (Å²) in [5.41, 5.74) is 0.393. The molecule has 1 atom stereocenters. The lowest BCUT2D eigenvalue weighted by molar-refractivity contribution is -0.136. The summed E-state index contributed by atoms with van der Waals surface area (Å²) in [6.07, 6.45) is -1.47. The van der Waals surface area contributed by atoms with E-state index in [4.69, 9.17) is 4.74 Å². The van der Waals surface area contributed by atoms with Gasteiger partial charge in [0.2, 0.25) is 11.8 Å². The van der Waals surface area contributed by atoms with Crippen LogP contribution in [0.5, 0.6) is 0 Å². The maximum absolute atomic E-state index is 14.3. The number of halogens is 3. The number of amides is 3. The van der Waals surface area contributed by atoms with E-state index in [1.54, 1.807) is 52.1 Å². The average Bonchev–Trinajstić information content (AvgIpc) is 2.87. The van der Waals surface area contributed by atoms with Crippen LogP contribution < -0.4 is 10.2 Å². The number of benzene rings is 2. The minimum absolute atomic E-state index is 0.157. The third kappa shape index (κ3) is 6.74. The first-order valence-electron chi connectivity index (χ1n) is 11.1. The van der Waals surface area contributed by atoms with E-state index >= 15 is 0 Å². The molecule has 10 heteroatoms. The summed E-state index contributed by atoms with van der Waals surface area (Å²) in [7, 11) is 1.62. The summed E-state index contributed by atoms with van der Waals surface area (Å²) >= 11 is 0. The van der Waals surface area contributed by atoms with Gasteiger partial charge in [-0.3, -0.25) is 9.59 Å². The van der Waals surface area contributed by atoms with Crippen LogP contribution in [0.2, 0.25) is 0 Å². The van der Waals surface area contributed by atoms with E-state index in [0.717, 1.165) is 5.56 Å². The topological polar surface area (TPSA) is 79.0 Å². The van der Waals surface area contributed by atoms with Gasteiger partial charge >= 0.3 is 6.09 Å². The highest BCUT2D eigenvalue weighted by Crippen LogP contribution is 2.25. The standard InChI is InChI=1S/C25H28F3N3O4/c1-25(2,3)35-24(34)29-17(9-16-10-19(27)20(28)12-18(16)26)11-22(32)31-13-15-7-5-6-8-21(15)30(4)23(33)14-31/h5-8,10,12,17H,9,11,13-14H2,1-4H3,(H,29,34). The Hall–Kier alpha value is -3.56. The van der Waals surface area contributed by atoms with Crippen molar-refractivity contribution in [2.24, 2.45) is 0 Å². The van der Waals surface area contributed by atoms with Crippen LogP contribution in [0.15, 0.2) is 36.4 Å². The number of hydrogen-bond donors (Lipinski definition) is 1. The van der Waals surface area contributed by atoms with Gasteiger partial charge in [-0.1, -0.05) is 18.2 Å². The zero-order valence-electron chi connectivity index (χ0n) is 20.0. The molecule has 1 aliphatic rings.